The number of amides is 1. The normalized spacial score (nSPS) is 18.7. The van der Waals surface area contributed by atoms with Crippen LogP contribution in [0.3, 0.4) is 0 Å². The summed E-state index contributed by atoms with van der Waals surface area (Å²) in [5.41, 5.74) is -0.463. The number of aromatic hydroxyl groups is 1. The van der Waals surface area contributed by atoms with Gasteiger partial charge in [-0.2, -0.15) is 18.3 Å². The van der Waals surface area contributed by atoms with Gasteiger partial charge < -0.3 is 15.3 Å². The Morgan fingerprint density at radius 1 is 1.10 bits per heavy atom. The van der Waals surface area contributed by atoms with Crippen LogP contribution in [0.4, 0.5) is 18.9 Å². The second kappa shape index (κ2) is 9.84. The maximum atomic E-state index is 14.8. The average Bonchev–Trinajstić information content (AvgIpc) is 3.59. The lowest BCUT2D eigenvalue weighted by Gasteiger charge is -2.39. The van der Waals surface area contributed by atoms with Crippen molar-refractivity contribution in [1.29, 1.82) is 0 Å². The molecule has 1 atom stereocenters. The van der Waals surface area contributed by atoms with Gasteiger partial charge in [-0.05, 0) is 80.4 Å². The number of benzene rings is 3. The van der Waals surface area contributed by atoms with Crippen molar-refractivity contribution >= 4 is 29.0 Å². The van der Waals surface area contributed by atoms with Crippen LogP contribution in [-0.2, 0) is 10.6 Å². The molecule has 6 rings (SSSR count). The van der Waals surface area contributed by atoms with Crippen LogP contribution < -0.4 is 5.32 Å². The van der Waals surface area contributed by atoms with Crippen LogP contribution in [0.5, 0.6) is 5.75 Å². The van der Waals surface area contributed by atoms with E-state index in [0.717, 1.165) is 0 Å². The number of carbonyl (C=O) groups excluding carboxylic acids is 1. The first-order valence-corrected chi connectivity index (χ1v) is 13.1. The molecule has 2 heterocycles. The second-order valence-corrected chi connectivity index (χ2v) is 10.3. The Hall–Kier alpha value is -4.51. The van der Waals surface area contributed by atoms with Crippen molar-refractivity contribution in [1.82, 2.24) is 14.7 Å². The Morgan fingerprint density at radius 2 is 1.80 bits per heavy atom. The Labute approximate surface area is 237 Å². The van der Waals surface area contributed by atoms with Crippen LogP contribution in [0, 0.1) is 6.92 Å². The third-order valence-corrected chi connectivity index (χ3v) is 7.25. The SMILES string of the molecule is Cc1nn(-c2ccc(C3=NOC(c4cccc(Cl)c4)(C(F)(F)F)N3C3CC3)cc2)cc1NC(=O)c1ccc(O)cc1. The van der Waals surface area contributed by atoms with Crippen LogP contribution in [0.15, 0.2) is 84.1 Å². The smallest absolute Gasteiger partial charge is 0.456 e. The molecule has 1 aromatic heterocycles. The zero-order chi connectivity index (χ0) is 28.9. The lowest BCUT2D eigenvalue weighted by molar-refractivity contribution is -0.318. The molecule has 41 heavy (non-hydrogen) atoms. The van der Waals surface area contributed by atoms with Crippen LogP contribution in [-0.4, -0.2) is 43.7 Å². The van der Waals surface area contributed by atoms with Crippen LogP contribution >= 0.6 is 11.6 Å². The minimum absolute atomic E-state index is 0.0536. The maximum absolute atomic E-state index is 14.8. The fourth-order valence-electron chi connectivity index (χ4n) is 4.83. The van der Waals surface area contributed by atoms with E-state index in [1.54, 1.807) is 42.1 Å². The first kappa shape index (κ1) is 26.7. The predicted octanol–water partition coefficient (Wildman–Crippen LogP) is 6.36. The summed E-state index contributed by atoms with van der Waals surface area (Å²) in [4.78, 5) is 19.1. The number of hydrogen-bond donors (Lipinski definition) is 2. The van der Waals surface area contributed by atoms with Crippen LogP contribution in [0.25, 0.3) is 5.69 Å². The van der Waals surface area contributed by atoms with Gasteiger partial charge in [0.15, 0.2) is 5.84 Å². The molecule has 3 aromatic carbocycles. The van der Waals surface area contributed by atoms with Gasteiger partial charge in [-0.1, -0.05) is 28.9 Å². The van der Waals surface area contributed by atoms with E-state index in [0.29, 0.717) is 41.0 Å². The van der Waals surface area contributed by atoms with Crippen molar-refractivity contribution in [3.8, 4) is 11.4 Å². The summed E-state index contributed by atoms with van der Waals surface area (Å²) in [6.07, 6.45) is -2.02. The lowest BCUT2D eigenvalue weighted by Crippen LogP contribution is -2.57. The van der Waals surface area contributed by atoms with Gasteiger partial charge in [0.25, 0.3) is 5.91 Å². The average molecular weight is 582 g/mol. The first-order chi connectivity index (χ1) is 19.6. The number of halogens is 4. The zero-order valence-corrected chi connectivity index (χ0v) is 22.3. The number of hydrogen-bond acceptors (Lipinski definition) is 6. The molecule has 1 fully saturated rings. The number of oxime groups is 1. The molecule has 2 N–H and O–H groups in total. The number of rotatable bonds is 6. The van der Waals surface area contributed by atoms with E-state index in [2.05, 4.69) is 15.6 Å². The van der Waals surface area contributed by atoms with E-state index in [9.17, 15) is 23.1 Å². The van der Waals surface area contributed by atoms with Gasteiger partial charge in [-0.3, -0.25) is 9.69 Å². The van der Waals surface area contributed by atoms with Gasteiger partial charge in [0, 0.05) is 27.8 Å². The highest BCUT2D eigenvalue weighted by molar-refractivity contribution is 6.30. The molecule has 8 nitrogen and oxygen atoms in total. The number of phenols is 1. The van der Waals surface area contributed by atoms with Gasteiger partial charge in [0.2, 0.25) is 0 Å². The fraction of sp³-hybridized carbons (Fsp3) is 0.207. The molecule has 4 aromatic rings. The van der Waals surface area contributed by atoms with Crippen LogP contribution in [0.1, 0.15) is 40.0 Å². The number of amidine groups is 1. The number of nitrogens with zero attached hydrogens (tertiary/aromatic N) is 4. The van der Waals surface area contributed by atoms with Crippen molar-refractivity contribution in [2.45, 2.75) is 37.7 Å². The van der Waals surface area contributed by atoms with Crippen LogP contribution in [0.2, 0.25) is 5.02 Å². The third-order valence-electron chi connectivity index (χ3n) is 7.01. The molecule has 0 radical (unpaired) electrons. The topological polar surface area (TPSA) is 92.0 Å². The van der Waals surface area contributed by atoms with Gasteiger partial charge >= 0.3 is 11.9 Å². The monoisotopic (exact) mass is 581 g/mol. The van der Waals surface area contributed by atoms with E-state index in [-0.39, 0.29) is 28.1 Å². The number of nitrogens with one attached hydrogen (secondary N) is 1. The first-order valence-electron chi connectivity index (χ1n) is 12.7. The second-order valence-electron chi connectivity index (χ2n) is 9.88. The number of alkyl halides is 3. The van der Waals surface area contributed by atoms with Gasteiger partial charge in [-0.15, -0.1) is 0 Å². The van der Waals surface area contributed by atoms with Gasteiger partial charge in [0.1, 0.15) is 5.75 Å². The Balaban J connectivity index is 1.27. The molecule has 1 amide bonds. The van der Waals surface area contributed by atoms with E-state index >= 15 is 0 Å². The largest absolute Gasteiger partial charge is 0.508 e. The standard InChI is InChI=1S/C29H23ClF3N5O3/c1-17-25(34-27(40)19-7-13-24(39)14-8-19)16-37(35-17)22-9-5-18(6-10-22)26-36-41-28(29(31,32)33,38(26)23-11-12-23)20-3-2-4-21(30)15-20/h2-10,13-16,23,39H,11-12H2,1H3,(H,34,40). The Morgan fingerprint density at radius 3 is 2.44 bits per heavy atom. The van der Waals surface area contributed by atoms with Crippen molar-refractivity contribution < 1.29 is 27.9 Å². The third kappa shape index (κ3) is 4.76. The fourth-order valence-corrected chi connectivity index (χ4v) is 5.02. The molecular weight excluding hydrogens is 559 g/mol. The van der Waals surface area contributed by atoms with E-state index in [1.165, 1.54) is 53.4 Å². The van der Waals surface area contributed by atoms with E-state index in [4.69, 9.17) is 16.4 Å². The van der Waals surface area contributed by atoms with E-state index in [1.807, 2.05) is 0 Å². The molecule has 0 spiro atoms. The summed E-state index contributed by atoms with van der Waals surface area (Å²) in [6.45, 7) is 1.74. The summed E-state index contributed by atoms with van der Waals surface area (Å²) >= 11 is 6.07. The Bertz CT molecular complexity index is 1650. The number of aryl methyl sites for hydroxylation is 1. The molecule has 210 valence electrons. The summed E-state index contributed by atoms with van der Waals surface area (Å²) in [6, 6.07) is 17.7. The van der Waals surface area contributed by atoms with Crippen molar-refractivity contribution in [2.75, 3.05) is 5.32 Å². The molecule has 2 aliphatic rings. The van der Waals surface area contributed by atoms with Crippen molar-refractivity contribution in [3.05, 3.63) is 106 Å². The maximum Gasteiger partial charge on any atom is 0.456 e. The van der Waals surface area contributed by atoms with Gasteiger partial charge in [0.05, 0.1) is 23.3 Å². The highest BCUT2D eigenvalue weighted by Crippen LogP contribution is 2.53. The molecule has 1 aliphatic carbocycles. The zero-order valence-electron chi connectivity index (χ0n) is 21.6. The Kier molecular flexibility index (Phi) is 6.41. The molecule has 0 bridgehead atoms. The molecule has 12 heteroatoms. The van der Waals surface area contributed by atoms with E-state index < -0.39 is 17.9 Å². The minimum Gasteiger partial charge on any atom is -0.508 e. The highest BCUT2D eigenvalue weighted by atomic mass is 35.5. The summed E-state index contributed by atoms with van der Waals surface area (Å²) in [5.74, 6) is -0.233. The molecule has 1 saturated carbocycles. The van der Waals surface area contributed by atoms with Gasteiger partial charge in [-0.25, -0.2) is 4.68 Å². The molecule has 0 saturated heterocycles. The lowest BCUT2D eigenvalue weighted by atomic mass is 9.98. The minimum atomic E-state index is -4.81. The van der Waals surface area contributed by atoms with Crippen molar-refractivity contribution in [3.63, 3.8) is 0 Å². The predicted molar refractivity (Wildman–Crippen MR) is 146 cm³/mol. The molecule has 1 unspecified atom stereocenters. The number of aromatic nitrogens is 2. The quantitative estimate of drug-likeness (QED) is 0.276. The number of anilines is 1. The molecule has 1 aliphatic heterocycles. The summed E-state index contributed by atoms with van der Waals surface area (Å²) in [7, 11) is 0. The summed E-state index contributed by atoms with van der Waals surface area (Å²) in [5, 5.41) is 20.8. The number of phenolic OH excluding ortho intramolecular Hbond substituents is 1. The number of carbonyl (C=O) groups is 1. The molecular formula is C29H23ClF3N5O3. The summed E-state index contributed by atoms with van der Waals surface area (Å²) < 4.78 is 45.9. The van der Waals surface area contributed by atoms with Crippen molar-refractivity contribution in [2.24, 2.45) is 5.16 Å². The highest BCUT2D eigenvalue weighted by Gasteiger charge is 2.69.